The van der Waals surface area contributed by atoms with Crippen molar-refractivity contribution in [2.75, 3.05) is 46.1 Å². The highest BCUT2D eigenvalue weighted by Gasteiger charge is 2.28. The Labute approximate surface area is 113 Å². The minimum atomic E-state index is 0.0585. The summed E-state index contributed by atoms with van der Waals surface area (Å²) in [6.45, 7) is 14.1. The zero-order valence-electron chi connectivity index (χ0n) is 12.7. The van der Waals surface area contributed by atoms with Gasteiger partial charge in [0.2, 0.25) is 0 Å². The van der Waals surface area contributed by atoms with E-state index in [1.165, 1.54) is 0 Å². The van der Waals surface area contributed by atoms with E-state index < -0.39 is 0 Å². The van der Waals surface area contributed by atoms with Crippen LogP contribution in [0.5, 0.6) is 0 Å². The number of rotatable bonds is 12. The van der Waals surface area contributed by atoms with Gasteiger partial charge in [-0.05, 0) is 27.2 Å². The third kappa shape index (κ3) is 6.69. The maximum Gasteiger partial charge on any atom is 0.0593 e. The SMILES string of the molecule is CCCC(C)(CN)N(CCOCC)CCOCC. The summed E-state index contributed by atoms with van der Waals surface area (Å²) in [7, 11) is 0. The normalized spacial score (nSPS) is 15.0. The summed E-state index contributed by atoms with van der Waals surface area (Å²) in [4.78, 5) is 2.42. The molecule has 0 heterocycles. The van der Waals surface area contributed by atoms with E-state index in [1.807, 2.05) is 13.8 Å². The van der Waals surface area contributed by atoms with Crippen LogP contribution in [0.15, 0.2) is 0 Å². The lowest BCUT2D eigenvalue weighted by molar-refractivity contribution is 0.0260. The van der Waals surface area contributed by atoms with E-state index in [1.54, 1.807) is 0 Å². The van der Waals surface area contributed by atoms with Gasteiger partial charge in [0, 0.05) is 38.4 Å². The second-order valence-electron chi connectivity index (χ2n) is 4.83. The monoisotopic (exact) mass is 260 g/mol. The first-order valence-electron chi connectivity index (χ1n) is 7.25. The Morgan fingerprint density at radius 1 is 1.00 bits per heavy atom. The van der Waals surface area contributed by atoms with Crippen molar-refractivity contribution in [3.05, 3.63) is 0 Å². The molecule has 0 radical (unpaired) electrons. The van der Waals surface area contributed by atoms with Crippen LogP contribution in [0.25, 0.3) is 0 Å². The van der Waals surface area contributed by atoms with Crippen LogP contribution in [0.4, 0.5) is 0 Å². The third-order valence-electron chi connectivity index (χ3n) is 3.41. The standard InChI is InChI=1S/C14H32N2O2/c1-5-8-14(4,13-15)16(9-11-17-6-2)10-12-18-7-3/h5-13,15H2,1-4H3. The Bertz CT molecular complexity index is 181. The van der Waals surface area contributed by atoms with Crippen molar-refractivity contribution in [1.29, 1.82) is 0 Å². The van der Waals surface area contributed by atoms with E-state index in [4.69, 9.17) is 15.2 Å². The van der Waals surface area contributed by atoms with E-state index in [2.05, 4.69) is 18.7 Å². The molecule has 4 heteroatoms. The fraction of sp³-hybridized carbons (Fsp3) is 1.00. The molecule has 0 aromatic rings. The molecule has 0 aliphatic carbocycles. The zero-order chi connectivity index (χ0) is 13.9. The maximum absolute atomic E-state index is 5.98. The molecule has 0 aliphatic heterocycles. The first-order valence-corrected chi connectivity index (χ1v) is 7.25. The number of ether oxygens (including phenoxy) is 2. The average Bonchev–Trinajstić information content (AvgIpc) is 2.37. The van der Waals surface area contributed by atoms with Crippen LogP contribution in [0.3, 0.4) is 0 Å². The molecule has 4 nitrogen and oxygen atoms in total. The lowest BCUT2D eigenvalue weighted by atomic mass is 9.94. The van der Waals surface area contributed by atoms with Gasteiger partial charge in [0.1, 0.15) is 0 Å². The summed E-state index contributed by atoms with van der Waals surface area (Å²) in [6, 6.07) is 0. The van der Waals surface area contributed by atoms with E-state index >= 15 is 0 Å². The molecule has 18 heavy (non-hydrogen) atoms. The quantitative estimate of drug-likeness (QED) is 0.544. The highest BCUT2D eigenvalue weighted by molar-refractivity contribution is 4.87. The fourth-order valence-electron chi connectivity index (χ4n) is 2.22. The zero-order valence-corrected chi connectivity index (χ0v) is 12.7. The minimum Gasteiger partial charge on any atom is -0.380 e. The van der Waals surface area contributed by atoms with Crippen molar-refractivity contribution >= 4 is 0 Å². The summed E-state index contributed by atoms with van der Waals surface area (Å²) in [5.74, 6) is 0. The molecular formula is C14H32N2O2. The number of hydrogen-bond acceptors (Lipinski definition) is 4. The lowest BCUT2D eigenvalue weighted by Crippen LogP contribution is -2.53. The highest BCUT2D eigenvalue weighted by Crippen LogP contribution is 2.19. The van der Waals surface area contributed by atoms with Gasteiger partial charge in [-0.2, -0.15) is 0 Å². The Morgan fingerprint density at radius 2 is 1.50 bits per heavy atom. The molecule has 0 saturated heterocycles. The van der Waals surface area contributed by atoms with E-state index in [0.717, 1.165) is 52.4 Å². The number of nitrogens with zero attached hydrogens (tertiary/aromatic N) is 1. The lowest BCUT2D eigenvalue weighted by Gasteiger charge is -2.40. The number of hydrogen-bond donors (Lipinski definition) is 1. The van der Waals surface area contributed by atoms with Crippen molar-refractivity contribution in [1.82, 2.24) is 4.90 Å². The fourth-order valence-corrected chi connectivity index (χ4v) is 2.22. The molecule has 1 unspecified atom stereocenters. The Morgan fingerprint density at radius 3 is 1.83 bits per heavy atom. The van der Waals surface area contributed by atoms with Gasteiger partial charge in [-0.15, -0.1) is 0 Å². The van der Waals surface area contributed by atoms with Crippen molar-refractivity contribution in [2.24, 2.45) is 5.73 Å². The molecule has 2 N–H and O–H groups in total. The molecule has 0 fully saturated rings. The third-order valence-corrected chi connectivity index (χ3v) is 3.41. The van der Waals surface area contributed by atoms with Gasteiger partial charge in [0.25, 0.3) is 0 Å². The second kappa shape index (κ2) is 10.7. The van der Waals surface area contributed by atoms with Gasteiger partial charge in [-0.25, -0.2) is 0 Å². The predicted octanol–water partition coefficient (Wildman–Crippen LogP) is 1.88. The van der Waals surface area contributed by atoms with Gasteiger partial charge in [-0.3, -0.25) is 4.90 Å². The smallest absolute Gasteiger partial charge is 0.0593 e. The molecule has 0 amide bonds. The Balaban J connectivity index is 4.38. The van der Waals surface area contributed by atoms with Crippen molar-refractivity contribution in [3.63, 3.8) is 0 Å². The van der Waals surface area contributed by atoms with E-state index in [0.29, 0.717) is 6.54 Å². The molecule has 0 aromatic carbocycles. The molecular weight excluding hydrogens is 228 g/mol. The summed E-state index contributed by atoms with van der Waals surface area (Å²) in [5.41, 5.74) is 6.04. The summed E-state index contributed by atoms with van der Waals surface area (Å²) >= 11 is 0. The molecule has 110 valence electrons. The first-order chi connectivity index (χ1) is 8.64. The average molecular weight is 260 g/mol. The van der Waals surface area contributed by atoms with E-state index in [9.17, 15) is 0 Å². The van der Waals surface area contributed by atoms with Gasteiger partial charge in [0.15, 0.2) is 0 Å². The maximum atomic E-state index is 5.98. The Hall–Kier alpha value is -0.160. The molecule has 0 aromatic heterocycles. The van der Waals surface area contributed by atoms with E-state index in [-0.39, 0.29) is 5.54 Å². The van der Waals surface area contributed by atoms with Crippen LogP contribution >= 0.6 is 0 Å². The van der Waals surface area contributed by atoms with Gasteiger partial charge < -0.3 is 15.2 Å². The Kier molecular flexibility index (Phi) is 10.6. The predicted molar refractivity (Wildman–Crippen MR) is 76.9 cm³/mol. The molecule has 0 rings (SSSR count). The van der Waals surface area contributed by atoms with Crippen molar-refractivity contribution in [3.8, 4) is 0 Å². The molecule has 0 saturated carbocycles. The minimum absolute atomic E-state index is 0.0585. The van der Waals surface area contributed by atoms with Crippen LogP contribution in [0.1, 0.15) is 40.5 Å². The molecule has 0 aliphatic rings. The summed E-state index contributed by atoms with van der Waals surface area (Å²) < 4.78 is 10.9. The highest BCUT2D eigenvalue weighted by atomic mass is 16.5. The summed E-state index contributed by atoms with van der Waals surface area (Å²) in [6.07, 6.45) is 2.26. The first kappa shape index (κ1) is 17.8. The molecule has 1 atom stereocenters. The van der Waals surface area contributed by atoms with Crippen LogP contribution in [-0.4, -0.2) is 56.5 Å². The van der Waals surface area contributed by atoms with Crippen LogP contribution in [0.2, 0.25) is 0 Å². The van der Waals surface area contributed by atoms with Gasteiger partial charge in [0.05, 0.1) is 13.2 Å². The van der Waals surface area contributed by atoms with Gasteiger partial charge >= 0.3 is 0 Å². The number of nitrogens with two attached hydrogens (primary N) is 1. The topological polar surface area (TPSA) is 47.7 Å². The van der Waals surface area contributed by atoms with Crippen molar-refractivity contribution < 1.29 is 9.47 Å². The van der Waals surface area contributed by atoms with Crippen LogP contribution < -0.4 is 5.73 Å². The molecule has 0 bridgehead atoms. The second-order valence-corrected chi connectivity index (χ2v) is 4.83. The largest absolute Gasteiger partial charge is 0.380 e. The summed E-state index contributed by atoms with van der Waals surface area (Å²) in [5, 5.41) is 0. The van der Waals surface area contributed by atoms with Gasteiger partial charge in [-0.1, -0.05) is 13.3 Å². The van der Waals surface area contributed by atoms with Crippen molar-refractivity contribution in [2.45, 2.75) is 46.1 Å². The van der Waals surface area contributed by atoms with Crippen LogP contribution in [0, 0.1) is 0 Å². The van der Waals surface area contributed by atoms with Crippen LogP contribution in [-0.2, 0) is 9.47 Å². The molecule has 0 spiro atoms.